The van der Waals surface area contributed by atoms with Gasteiger partial charge in [-0.05, 0) is 36.6 Å². The van der Waals surface area contributed by atoms with Crippen molar-refractivity contribution >= 4 is 28.9 Å². The number of ether oxygens (including phenoxy) is 2. The number of aliphatic hydroxyl groups excluding tert-OH is 1. The minimum absolute atomic E-state index is 0.00243. The molecule has 5 N–H and O–H groups in total. The zero-order chi connectivity index (χ0) is 26.9. The standard InChI is InChI=1S/C28H35FN4O4S/c1-19-11-24(32-14-23(30)13-31-17-38-18-34)12-25(29)26(19)20-7-9-33(10-8-20)27(35)22-15-36-28(37-16-22)21-5-3-2-4-6-21/h2-7,11-12,14,22,28,31-32,34H,8-10,13,15-18,30H2,1H3/b23-14-. The normalized spacial score (nSPS) is 20.2. The van der Waals surface area contributed by atoms with Crippen LogP contribution in [0.15, 0.2) is 60.4 Å². The van der Waals surface area contributed by atoms with Crippen molar-refractivity contribution in [3.63, 3.8) is 0 Å². The van der Waals surface area contributed by atoms with Crippen LogP contribution in [0.4, 0.5) is 10.1 Å². The first-order chi connectivity index (χ1) is 18.5. The summed E-state index contributed by atoms with van der Waals surface area (Å²) >= 11 is 1.35. The first-order valence-corrected chi connectivity index (χ1v) is 13.8. The molecule has 2 heterocycles. The van der Waals surface area contributed by atoms with Crippen LogP contribution in [0.1, 0.15) is 29.4 Å². The van der Waals surface area contributed by atoms with Crippen LogP contribution in [-0.4, -0.2) is 60.6 Å². The zero-order valence-electron chi connectivity index (χ0n) is 21.5. The van der Waals surface area contributed by atoms with E-state index in [1.165, 1.54) is 17.8 Å². The summed E-state index contributed by atoms with van der Waals surface area (Å²) in [4.78, 5) is 14.9. The fourth-order valence-electron chi connectivity index (χ4n) is 4.58. The topological polar surface area (TPSA) is 109 Å². The van der Waals surface area contributed by atoms with E-state index in [9.17, 15) is 4.79 Å². The van der Waals surface area contributed by atoms with Crippen molar-refractivity contribution in [2.75, 3.05) is 50.0 Å². The molecule has 1 saturated heterocycles. The Morgan fingerprint density at radius 2 is 2.03 bits per heavy atom. The van der Waals surface area contributed by atoms with E-state index in [2.05, 4.69) is 10.6 Å². The molecule has 0 saturated carbocycles. The van der Waals surface area contributed by atoms with E-state index in [0.29, 0.717) is 62.1 Å². The summed E-state index contributed by atoms with van der Waals surface area (Å²) in [6, 6.07) is 13.0. The number of carbonyl (C=O) groups is 1. The fraction of sp³-hybridized carbons (Fsp3) is 0.393. The number of nitrogens with two attached hydrogens (primary N) is 1. The predicted molar refractivity (Wildman–Crippen MR) is 148 cm³/mol. The molecule has 10 heteroatoms. The molecular weight excluding hydrogens is 507 g/mol. The van der Waals surface area contributed by atoms with Crippen LogP contribution in [-0.2, 0) is 14.3 Å². The van der Waals surface area contributed by atoms with Gasteiger partial charge in [0, 0.05) is 54.2 Å². The second-order valence-electron chi connectivity index (χ2n) is 9.29. The third kappa shape index (κ3) is 7.36. The molecule has 0 aromatic heterocycles. The Morgan fingerprint density at radius 3 is 2.68 bits per heavy atom. The van der Waals surface area contributed by atoms with Crippen LogP contribution in [0.3, 0.4) is 0 Å². The first-order valence-electron chi connectivity index (χ1n) is 12.6. The molecule has 0 radical (unpaired) electrons. The van der Waals surface area contributed by atoms with E-state index in [4.69, 9.17) is 20.3 Å². The molecule has 2 aliphatic rings. The molecule has 4 rings (SSSR count). The second kappa shape index (κ2) is 13.8. The summed E-state index contributed by atoms with van der Waals surface area (Å²) in [5, 5.41) is 14.9. The molecule has 2 aromatic carbocycles. The molecule has 0 unspecified atom stereocenters. The Morgan fingerprint density at radius 1 is 1.26 bits per heavy atom. The Balaban J connectivity index is 1.31. The maximum Gasteiger partial charge on any atom is 0.230 e. The number of nitrogens with one attached hydrogen (secondary N) is 2. The first kappa shape index (κ1) is 28.1. The van der Waals surface area contributed by atoms with Gasteiger partial charge in [-0.3, -0.25) is 4.79 Å². The largest absolute Gasteiger partial charge is 0.400 e. The molecular formula is C28H35FN4O4S. The summed E-state index contributed by atoms with van der Waals surface area (Å²) < 4.78 is 26.8. The van der Waals surface area contributed by atoms with E-state index in [0.717, 1.165) is 16.7 Å². The molecule has 8 nitrogen and oxygen atoms in total. The molecule has 0 aliphatic carbocycles. The van der Waals surface area contributed by atoms with Crippen LogP contribution < -0.4 is 16.4 Å². The Bertz CT molecular complexity index is 1130. The van der Waals surface area contributed by atoms with Crippen LogP contribution in [0.25, 0.3) is 5.57 Å². The lowest BCUT2D eigenvalue weighted by Gasteiger charge is -2.34. The van der Waals surface area contributed by atoms with Gasteiger partial charge in [-0.1, -0.05) is 36.4 Å². The van der Waals surface area contributed by atoms with Crippen molar-refractivity contribution in [1.82, 2.24) is 10.2 Å². The molecule has 0 atom stereocenters. The van der Waals surface area contributed by atoms with Gasteiger partial charge in [-0.2, -0.15) is 0 Å². The molecule has 2 aromatic rings. The van der Waals surface area contributed by atoms with E-state index in [1.807, 2.05) is 49.4 Å². The van der Waals surface area contributed by atoms with Gasteiger partial charge < -0.3 is 35.8 Å². The van der Waals surface area contributed by atoms with Crippen molar-refractivity contribution in [3.8, 4) is 0 Å². The van der Waals surface area contributed by atoms with Crippen LogP contribution in [0.2, 0.25) is 0 Å². The number of amides is 1. The van der Waals surface area contributed by atoms with E-state index >= 15 is 4.39 Å². The van der Waals surface area contributed by atoms with Crippen molar-refractivity contribution in [2.45, 2.75) is 19.6 Å². The Kier molecular flexibility index (Phi) is 10.2. The summed E-state index contributed by atoms with van der Waals surface area (Å²) in [5.41, 5.74) is 10.4. The Hall–Kier alpha value is -2.89. The summed E-state index contributed by atoms with van der Waals surface area (Å²) in [6.45, 7) is 3.89. The molecule has 2 aliphatic heterocycles. The van der Waals surface area contributed by atoms with Gasteiger partial charge in [0.1, 0.15) is 5.82 Å². The number of rotatable bonds is 10. The van der Waals surface area contributed by atoms with Crippen LogP contribution in [0.5, 0.6) is 0 Å². The summed E-state index contributed by atoms with van der Waals surface area (Å²) in [5.74, 6) is -0.0353. The lowest BCUT2D eigenvalue weighted by molar-refractivity contribution is -0.208. The van der Waals surface area contributed by atoms with E-state index in [1.54, 1.807) is 11.1 Å². The Labute approximate surface area is 227 Å². The number of aliphatic hydroxyl groups is 1. The summed E-state index contributed by atoms with van der Waals surface area (Å²) in [7, 11) is 0. The smallest absolute Gasteiger partial charge is 0.230 e. The van der Waals surface area contributed by atoms with Crippen LogP contribution >= 0.6 is 11.8 Å². The van der Waals surface area contributed by atoms with Gasteiger partial charge in [0.2, 0.25) is 5.91 Å². The number of hydrogen-bond acceptors (Lipinski definition) is 8. The highest BCUT2D eigenvalue weighted by atomic mass is 32.2. The molecule has 0 bridgehead atoms. The van der Waals surface area contributed by atoms with Gasteiger partial charge in [0.15, 0.2) is 6.29 Å². The van der Waals surface area contributed by atoms with E-state index in [-0.39, 0.29) is 23.6 Å². The van der Waals surface area contributed by atoms with Gasteiger partial charge in [0.25, 0.3) is 0 Å². The highest BCUT2D eigenvalue weighted by Crippen LogP contribution is 2.31. The average molecular weight is 543 g/mol. The van der Waals surface area contributed by atoms with Crippen LogP contribution in [0, 0.1) is 18.7 Å². The average Bonchev–Trinajstić information content (AvgIpc) is 2.94. The zero-order valence-corrected chi connectivity index (χ0v) is 22.3. The highest BCUT2D eigenvalue weighted by molar-refractivity contribution is 7.99. The molecule has 1 amide bonds. The second-order valence-corrected chi connectivity index (χ2v) is 10.2. The van der Waals surface area contributed by atoms with E-state index < -0.39 is 6.29 Å². The molecule has 1 fully saturated rings. The SMILES string of the molecule is Cc1cc(N/C=C(\N)CNCSCO)cc(F)c1C1=CCN(C(=O)C2COC(c3ccccc3)OC2)CC1. The van der Waals surface area contributed by atoms with Crippen molar-refractivity contribution in [2.24, 2.45) is 11.7 Å². The fourth-order valence-corrected chi connectivity index (χ4v) is 4.92. The monoisotopic (exact) mass is 542 g/mol. The number of aryl methyl sites for hydroxylation is 1. The number of carbonyl (C=O) groups excluding carboxylic acids is 1. The number of anilines is 1. The highest BCUT2D eigenvalue weighted by Gasteiger charge is 2.32. The van der Waals surface area contributed by atoms with Crippen molar-refractivity contribution in [3.05, 3.63) is 82.9 Å². The third-order valence-electron chi connectivity index (χ3n) is 6.50. The maximum absolute atomic E-state index is 15.1. The summed E-state index contributed by atoms with van der Waals surface area (Å²) in [6.07, 6.45) is 3.69. The van der Waals surface area contributed by atoms with Gasteiger partial charge in [-0.25, -0.2) is 4.39 Å². The number of nitrogens with zero attached hydrogens (tertiary/aromatic N) is 1. The van der Waals surface area contributed by atoms with Gasteiger partial charge in [0.05, 0.1) is 25.1 Å². The molecule has 0 spiro atoms. The lowest BCUT2D eigenvalue weighted by atomic mass is 9.94. The number of halogens is 1. The molecule has 204 valence electrons. The predicted octanol–water partition coefficient (Wildman–Crippen LogP) is 3.55. The third-order valence-corrected chi connectivity index (χ3v) is 7.09. The molecule has 38 heavy (non-hydrogen) atoms. The number of hydrogen-bond donors (Lipinski definition) is 4. The van der Waals surface area contributed by atoms with Gasteiger partial charge >= 0.3 is 0 Å². The maximum atomic E-state index is 15.1. The number of benzene rings is 2. The van der Waals surface area contributed by atoms with Gasteiger partial charge in [-0.15, -0.1) is 11.8 Å². The minimum atomic E-state index is -0.448. The number of thioether (sulfide) groups is 1. The minimum Gasteiger partial charge on any atom is -0.400 e. The quantitative estimate of drug-likeness (QED) is 0.267. The lowest BCUT2D eigenvalue weighted by Crippen LogP contribution is -2.44. The van der Waals surface area contributed by atoms with Crippen molar-refractivity contribution in [1.29, 1.82) is 0 Å². The van der Waals surface area contributed by atoms with Crippen molar-refractivity contribution < 1.29 is 23.8 Å².